The van der Waals surface area contributed by atoms with Crippen molar-refractivity contribution in [2.75, 3.05) is 26.4 Å². The molecule has 7 heteroatoms. The maximum absolute atomic E-state index is 11.3. The molecule has 2 N–H and O–H groups in total. The maximum atomic E-state index is 11.3. The Morgan fingerprint density at radius 2 is 1.11 bits per heavy atom. The molecule has 27 heavy (non-hydrogen) atoms. The lowest BCUT2D eigenvalue weighted by Crippen LogP contribution is -2.25. The number of rotatable bonds is 14. The van der Waals surface area contributed by atoms with E-state index in [-0.39, 0.29) is 25.0 Å². The quantitative estimate of drug-likeness (QED) is 0.348. The molecule has 0 rings (SSSR count). The van der Waals surface area contributed by atoms with E-state index < -0.39 is 24.1 Å². The normalized spacial score (nSPS) is 15.3. The highest BCUT2D eigenvalue weighted by Gasteiger charge is 2.16. The molecule has 0 bridgehead atoms. The first-order valence-corrected chi connectivity index (χ1v) is 9.12. The van der Waals surface area contributed by atoms with Crippen molar-refractivity contribution in [1.29, 1.82) is 0 Å². The van der Waals surface area contributed by atoms with Crippen LogP contribution >= 0.6 is 0 Å². The van der Waals surface area contributed by atoms with E-state index in [0.717, 1.165) is 0 Å². The second kappa shape index (κ2) is 13.5. The van der Waals surface area contributed by atoms with Crippen LogP contribution in [0.5, 0.6) is 0 Å². The van der Waals surface area contributed by atoms with Gasteiger partial charge in [0.15, 0.2) is 0 Å². The summed E-state index contributed by atoms with van der Waals surface area (Å²) in [5.74, 6) is -0.868. The Bertz CT molecular complexity index is 457. The van der Waals surface area contributed by atoms with Crippen LogP contribution in [0.3, 0.4) is 0 Å². The standard InChI is InChI=1S/C20H34O7/c1-13(2)19(23)26-11-17(21)7-15(5)9-25-10-16(6)8-18(22)12-27-20(24)14(3)4/h15-18,21-22H,1,3,7-12H2,2,4-6H3. The Kier molecular flexibility index (Phi) is 12.6. The fourth-order valence-corrected chi connectivity index (χ4v) is 2.26. The Labute approximate surface area is 162 Å². The fourth-order valence-electron chi connectivity index (χ4n) is 2.26. The van der Waals surface area contributed by atoms with Gasteiger partial charge in [-0.2, -0.15) is 0 Å². The average Bonchev–Trinajstić information content (AvgIpc) is 2.56. The fraction of sp³-hybridized carbons (Fsp3) is 0.700. The summed E-state index contributed by atoms with van der Waals surface area (Å²) in [6.07, 6.45) is -0.627. The monoisotopic (exact) mass is 386 g/mol. The molecule has 7 nitrogen and oxygen atoms in total. The maximum Gasteiger partial charge on any atom is 0.333 e. The van der Waals surface area contributed by atoms with Gasteiger partial charge in [-0.25, -0.2) is 9.59 Å². The molecule has 0 amide bonds. The third kappa shape index (κ3) is 13.2. The highest BCUT2D eigenvalue weighted by molar-refractivity contribution is 5.87. The Hall–Kier alpha value is -1.70. The zero-order valence-corrected chi connectivity index (χ0v) is 16.9. The number of hydrogen-bond acceptors (Lipinski definition) is 7. The van der Waals surface area contributed by atoms with E-state index >= 15 is 0 Å². The molecule has 0 aromatic heterocycles. The molecule has 0 aliphatic rings. The molecular weight excluding hydrogens is 352 g/mol. The summed E-state index contributed by atoms with van der Waals surface area (Å²) in [6, 6.07) is 0. The lowest BCUT2D eigenvalue weighted by molar-refractivity contribution is -0.142. The topological polar surface area (TPSA) is 102 Å². The number of hydrogen-bond donors (Lipinski definition) is 2. The van der Waals surface area contributed by atoms with Gasteiger partial charge in [0, 0.05) is 24.4 Å². The van der Waals surface area contributed by atoms with E-state index in [0.29, 0.717) is 37.2 Å². The van der Waals surface area contributed by atoms with Crippen molar-refractivity contribution in [3.05, 3.63) is 24.3 Å². The van der Waals surface area contributed by atoms with Crippen LogP contribution in [-0.4, -0.2) is 60.8 Å². The summed E-state index contributed by atoms with van der Waals surface area (Å²) in [6.45, 7) is 14.7. The zero-order valence-electron chi connectivity index (χ0n) is 16.9. The highest BCUT2D eigenvalue weighted by atomic mass is 16.5. The van der Waals surface area contributed by atoms with Crippen molar-refractivity contribution in [2.24, 2.45) is 11.8 Å². The Morgan fingerprint density at radius 3 is 1.41 bits per heavy atom. The van der Waals surface area contributed by atoms with Crippen molar-refractivity contribution in [3.8, 4) is 0 Å². The summed E-state index contributed by atoms with van der Waals surface area (Å²) in [5, 5.41) is 19.8. The van der Waals surface area contributed by atoms with Crippen LogP contribution in [0.2, 0.25) is 0 Å². The molecule has 0 saturated carbocycles. The summed E-state index contributed by atoms with van der Waals surface area (Å²) < 4.78 is 15.4. The van der Waals surface area contributed by atoms with Crippen molar-refractivity contribution >= 4 is 11.9 Å². The second-order valence-corrected chi connectivity index (χ2v) is 7.28. The molecule has 156 valence electrons. The van der Waals surface area contributed by atoms with E-state index in [1.807, 2.05) is 13.8 Å². The number of carbonyl (C=O) groups is 2. The molecular formula is C20H34O7. The van der Waals surface area contributed by atoms with Gasteiger partial charge < -0.3 is 24.4 Å². The number of carbonyl (C=O) groups excluding carboxylic acids is 2. The predicted octanol–water partition coefficient (Wildman–Crippen LogP) is 2.02. The van der Waals surface area contributed by atoms with Crippen LogP contribution in [0.15, 0.2) is 24.3 Å². The van der Waals surface area contributed by atoms with Gasteiger partial charge in [-0.1, -0.05) is 27.0 Å². The summed E-state index contributed by atoms with van der Waals surface area (Å²) >= 11 is 0. The largest absolute Gasteiger partial charge is 0.460 e. The van der Waals surface area contributed by atoms with Crippen LogP contribution in [0, 0.1) is 11.8 Å². The van der Waals surface area contributed by atoms with Crippen LogP contribution in [0.4, 0.5) is 0 Å². The molecule has 0 aliphatic carbocycles. The first-order chi connectivity index (χ1) is 12.5. The molecule has 0 saturated heterocycles. The molecule has 0 radical (unpaired) electrons. The van der Waals surface area contributed by atoms with E-state index in [4.69, 9.17) is 14.2 Å². The molecule has 0 aromatic carbocycles. The van der Waals surface area contributed by atoms with Gasteiger partial charge in [0.2, 0.25) is 0 Å². The minimum absolute atomic E-state index is 0.0679. The number of esters is 2. The van der Waals surface area contributed by atoms with Gasteiger partial charge in [0.1, 0.15) is 13.2 Å². The predicted molar refractivity (Wildman–Crippen MR) is 102 cm³/mol. The highest BCUT2D eigenvalue weighted by Crippen LogP contribution is 2.11. The van der Waals surface area contributed by atoms with E-state index in [1.54, 1.807) is 13.8 Å². The molecule has 0 spiro atoms. The van der Waals surface area contributed by atoms with Crippen molar-refractivity contribution in [1.82, 2.24) is 0 Å². The second-order valence-electron chi connectivity index (χ2n) is 7.28. The smallest absolute Gasteiger partial charge is 0.333 e. The number of aliphatic hydroxyl groups is 2. The van der Waals surface area contributed by atoms with Gasteiger partial charge in [-0.05, 0) is 38.5 Å². The van der Waals surface area contributed by atoms with E-state index in [2.05, 4.69) is 13.2 Å². The van der Waals surface area contributed by atoms with Gasteiger partial charge in [0.05, 0.1) is 12.2 Å². The molecule has 0 aromatic rings. The first-order valence-electron chi connectivity index (χ1n) is 9.12. The third-order valence-electron chi connectivity index (χ3n) is 3.66. The Morgan fingerprint density at radius 1 is 0.778 bits per heavy atom. The average molecular weight is 386 g/mol. The molecule has 0 aliphatic heterocycles. The van der Waals surface area contributed by atoms with E-state index in [1.165, 1.54) is 0 Å². The van der Waals surface area contributed by atoms with Crippen molar-refractivity contribution in [2.45, 2.75) is 52.7 Å². The van der Waals surface area contributed by atoms with Crippen LogP contribution < -0.4 is 0 Å². The Balaban J connectivity index is 3.90. The lowest BCUT2D eigenvalue weighted by Gasteiger charge is -2.19. The van der Waals surface area contributed by atoms with Crippen LogP contribution in [-0.2, 0) is 23.8 Å². The van der Waals surface area contributed by atoms with Gasteiger partial charge in [-0.15, -0.1) is 0 Å². The number of ether oxygens (including phenoxy) is 3. The van der Waals surface area contributed by atoms with Gasteiger partial charge in [-0.3, -0.25) is 0 Å². The summed E-state index contributed by atoms with van der Waals surface area (Å²) in [7, 11) is 0. The summed E-state index contributed by atoms with van der Waals surface area (Å²) in [4.78, 5) is 22.6. The van der Waals surface area contributed by atoms with Crippen LogP contribution in [0.25, 0.3) is 0 Å². The third-order valence-corrected chi connectivity index (χ3v) is 3.66. The molecule has 4 unspecified atom stereocenters. The zero-order chi connectivity index (χ0) is 21.0. The van der Waals surface area contributed by atoms with Crippen molar-refractivity contribution in [3.63, 3.8) is 0 Å². The SMILES string of the molecule is C=C(C)C(=O)OCC(O)CC(C)COCC(C)CC(O)COC(=O)C(=C)C. The van der Waals surface area contributed by atoms with Crippen LogP contribution in [0.1, 0.15) is 40.5 Å². The lowest BCUT2D eigenvalue weighted by atomic mass is 10.0. The molecule has 4 atom stereocenters. The van der Waals surface area contributed by atoms with Gasteiger partial charge >= 0.3 is 11.9 Å². The van der Waals surface area contributed by atoms with Crippen molar-refractivity contribution < 1.29 is 34.0 Å². The summed E-state index contributed by atoms with van der Waals surface area (Å²) in [5.41, 5.74) is 0.591. The minimum atomic E-state index is -0.755. The minimum Gasteiger partial charge on any atom is -0.460 e. The first kappa shape index (κ1) is 25.3. The molecule has 0 fully saturated rings. The molecule has 0 heterocycles. The van der Waals surface area contributed by atoms with Gasteiger partial charge in [0.25, 0.3) is 0 Å². The van der Waals surface area contributed by atoms with E-state index in [9.17, 15) is 19.8 Å². The number of aliphatic hydroxyl groups excluding tert-OH is 2.